The standard InChI is InChI=1S/C19H18F2N4O/c20-15-6-3-4-13(17(15)21)12-24-8-10-25(11-9-24)19(26)18-14-5-1-2-7-16(14)22-23-18/h1-7H,8-12H2,(H,22,23). The van der Waals surface area contributed by atoms with Crippen LogP contribution >= 0.6 is 0 Å². The third kappa shape index (κ3) is 3.06. The quantitative estimate of drug-likeness (QED) is 0.785. The minimum Gasteiger partial charge on any atom is -0.335 e. The second-order valence-electron chi connectivity index (χ2n) is 6.40. The van der Waals surface area contributed by atoms with E-state index in [2.05, 4.69) is 10.2 Å². The number of H-pyrrole nitrogens is 1. The van der Waals surface area contributed by atoms with Gasteiger partial charge in [-0.3, -0.25) is 14.8 Å². The lowest BCUT2D eigenvalue weighted by Gasteiger charge is -2.34. The number of aromatic amines is 1. The first kappa shape index (κ1) is 16.7. The van der Waals surface area contributed by atoms with Gasteiger partial charge in [-0.1, -0.05) is 30.3 Å². The lowest BCUT2D eigenvalue weighted by molar-refractivity contribution is 0.0623. The Morgan fingerprint density at radius 3 is 2.62 bits per heavy atom. The molecule has 26 heavy (non-hydrogen) atoms. The molecule has 0 saturated carbocycles. The summed E-state index contributed by atoms with van der Waals surface area (Å²) in [6.07, 6.45) is 0. The maximum Gasteiger partial charge on any atom is 0.275 e. The number of nitrogens with zero attached hydrogens (tertiary/aromatic N) is 3. The Labute approximate surface area is 149 Å². The van der Waals surface area contributed by atoms with Crippen LogP contribution in [0.4, 0.5) is 8.78 Å². The van der Waals surface area contributed by atoms with Gasteiger partial charge in [-0.05, 0) is 12.1 Å². The van der Waals surface area contributed by atoms with Crippen molar-refractivity contribution in [3.05, 3.63) is 65.4 Å². The van der Waals surface area contributed by atoms with Crippen LogP contribution in [-0.4, -0.2) is 52.1 Å². The summed E-state index contributed by atoms with van der Waals surface area (Å²) in [6, 6.07) is 11.7. The highest BCUT2D eigenvalue weighted by Crippen LogP contribution is 2.19. The Bertz CT molecular complexity index is 948. The van der Waals surface area contributed by atoms with Crippen LogP contribution in [0.1, 0.15) is 16.1 Å². The van der Waals surface area contributed by atoms with E-state index >= 15 is 0 Å². The van der Waals surface area contributed by atoms with Gasteiger partial charge in [0.2, 0.25) is 0 Å². The third-order valence-corrected chi connectivity index (χ3v) is 4.76. The van der Waals surface area contributed by atoms with Crippen molar-refractivity contribution in [2.75, 3.05) is 26.2 Å². The molecule has 1 aliphatic rings. The van der Waals surface area contributed by atoms with Crippen LogP contribution in [0.5, 0.6) is 0 Å². The maximum absolute atomic E-state index is 13.8. The number of halogens is 2. The van der Waals surface area contributed by atoms with Gasteiger partial charge < -0.3 is 4.90 Å². The fourth-order valence-corrected chi connectivity index (χ4v) is 3.30. The van der Waals surface area contributed by atoms with Crippen LogP contribution in [0.15, 0.2) is 42.5 Å². The fraction of sp³-hybridized carbons (Fsp3) is 0.263. The molecule has 0 aliphatic carbocycles. The van der Waals surface area contributed by atoms with Crippen LogP contribution in [0.3, 0.4) is 0 Å². The maximum atomic E-state index is 13.8. The summed E-state index contributed by atoms with van der Waals surface area (Å²) < 4.78 is 27.1. The summed E-state index contributed by atoms with van der Waals surface area (Å²) in [5.74, 6) is -1.74. The van der Waals surface area contributed by atoms with Crippen molar-refractivity contribution < 1.29 is 13.6 Å². The molecular formula is C19H18F2N4O. The Hall–Kier alpha value is -2.80. The zero-order valence-electron chi connectivity index (χ0n) is 14.1. The number of nitrogens with one attached hydrogen (secondary N) is 1. The number of fused-ring (bicyclic) bond motifs is 1. The monoisotopic (exact) mass is 356 g/mol. The number of carbonyl (C=O) groups is 1. The molecule has 0 radical (unpaired) electrons. The molecule has 1 N–H and O–H groups in total. The van der Waals surface area contributed by atoms with E-state index in [9.17, 15) is 13.6 Å². The van der Waals surface area contributed by atoms with Gasteiger partial charge in [0.25, 0.3) is 5.91 Å². The smallest absolute Gasteiger partial charge is 0.275 e. The van der Waals surface area contributed by atoms with Crippen molar-refractivity contribution in [1.82, 2.24) is 20.0 Å². The Morgan fingerprint density at radius 2 is 1.81 bits per heavy atom. The molecule has 1 aromatic heterocycles. The molecule has 0 bridgehead atoms. The summed E-state index contributed by atoms with van der Waals surface area (Å²) in [5, 5.41) is 7.84. The molecule has 1 fully saturated rings. The summed E-state index contributed by atoms with van der Waals surface area (Å²) in [4.78, 5) is 16.5. The molecule has 4 rings (SSSR count). The first-order chi connectivity index (χ1) is 12.6. The van der Waals surface area contributed by atoms with Crippen molar-refractivity contribution in [1.29, 1.82) is 0 Å². The van der Waals surface area contributed by atoms with Gasteiger partial charge in [0, 0.05) is 43.7 Å². The molecular weight excluding hydrogens is 338 g/mol. The SMILES string of the molecule is O=C(c1n[nH]c2ccccc12)N1CCN(Cc2cccc(F)c2F)CC1. The lowest BCUT2D eigenvalue weighted by atomic mass is 10.1. The van der Waals surface area contributed by atoms with Crippen molar-refractivity contribution in [2.24, 2.45) is 0 Å². The molecule has 0 spiro atoms. The molecule has 5 nitrogen and oxygen atoms in total. The predicted molar refractivity (Wildman–Crippen MR) is 93.6 cm³/mol. The highest BCUT2D eigenvalue weighted by molar-refractivity contribution is 6.04. The van der Waals surface area contributed by atoms with Gasteiger partial charge in [-0.15, -0.1) is 0 Å². The number of hydrogen-bond donors (Lipinski definition) is 1. The second kappa shape index (κ2) is 6.84. The van der Waals surface area contributed by atoms with Crippen molar-refractivity contribution in [3.8, 4) is 0 Å². The summed E-state index contributed by atoms with van der Waals surface area (Å²) in [6.45, 7) is 2.58. The number of rotatable bonds is 3. The molecule has 7 heteroatoms. The number of para-hydroxylation sites is 1. The van der Waals surface area contributed by atoms with Crippen molar-refractivity contribution in [2.45, 2.75) is 6.54 Å². The van der Waals surface area contributed by atoms with Crippen LogP contribution in [-0.2, 0) is 6.54 Å². The average Bonchev–Trinajstić information content (AvgIpc) is 3.10. The minimum absolute atomic E-state index is 0.112. The van der Waals surface area contributed by atoms with E-state index in [0.717, 1.165) is 17.0 Å². The number of carbonyl (C=O) groups excluding carboxylic acids is 1. The first-order valence-corrected chi connectivity index (χ1v) is 8.51. The van der Waals surface area contributed by atoms with Gasteiger partial charge >= 0.3 is 0 Å². The molecule has 2 aromatic carbocycles. The number of piperazine rings is 1. The lowest BCUT2D eigenvalue weighted by Crippen LogP contribution is -2.48. The Morgan fingerprint density at radius 1 is 1.04 bits per heavy atom. The Kier molecular flexibility index (Phi) is 4.38. The van der Waals surface area contributed by atoms with Crippen LogP contribution in [0.2, 0.25) is 0 Å². The van der Waals surface area contributed by atoms with Crippen LogP contribution in [0, 0.1) is 11.6 Å². The van der Waals surface area contributed by atoms with Crippen LogP contribution in [0.25, 0.3) is 10.9 Å². The summed E-state index contributed by atoms with van der Waals surface area (Å²) in [5.41, 5.74) is 1.59. The van der Waals surface area contributed by atoms with Crippen molar-refractivity contribution >= 4 is 16.8 Å². The van der Waals surface area contributed by atoms with E-state index in [-0.39, 0.29) is 5.91 Å². The van der Waals surface area contributed by atoms with Gasteiger partial charge in [-0.2, -0.15) is 5.10 Å². The van der Waals surface area contributed by atoms with E-state index in [1.54, 1.807) is 11.0 Å². The number of hydrogen-bond acceptors (Lipinski definition) is 3. The summed E-state index contributed by atoms with van der Waals surface area (Å²) in [7, 11) is 0. The first-order valence-electron chi connectivity index (χ1n) is 8.51. The normalized spacial score (nSPS) is 15.5. The molecule has 0 atom stereocenters. The van der Waals surface area contributed by atoms with Gasteiger partial charge in [0.05, 0.1) is 5.52 Å². The number of amides is 1. The second-order valence-corrected chi connectivity index (χ2v) is 6.40. The minimum atomic E-state index is -0.832. The van der Waals surface area contributed by atoms with Crippen molar-refractivity contribution in [3.63, 3.8) is 0 Å². The van der Waals surface area contributed by atoms with Gasteiger partial charge in [0.1, 0.15) is 0 Å². The predicted octanol–water partition coefficient (Wildman–Crippen LogP) is 2.80. The fourth-order valence-electron chi connectivity index (χ4n) is 3.30. The van der Waals surface area contributed by atoms with E-state index < -0.39 is 11.6 Å². The summed E-state index contributed by atoms with van der Waals surface area (Å²) >= 11 is 0. The zero-order chi connectivity index (χ0) is 18.1. The Balaban J connectivity index is 1.42. The molecule has 1 amide bonds. The number of aromatic nitrogens is 2. The van der Waals surface area contributed by atoms with Crippen LogP contribution < -0.4 is 0 Å². The molecule has 1 saturated heterocycles. The average molecular weight is 356 g/mol. The zero-order valence-corrected chi connectivity index (χ0v) is 14.1. The highest BCUT2D eigenvalue weighted by Gasteiger charge is 2.25. The topological polar surface area (TPSA) is 52.2 Å². The van der Waals surface area contributed by atoms with E-state index in [1.165, 1.54) is 6.07 Å². The van der Waals surface area contributed by atoms with Gasteiger partial charge in [-0.25, -0.2) is 8.78 Å². The number of benzene rings is 2. The highest BCUT2D eigenvalue weighted by atomic mass is 19.2. The molecule has 1 aliphatic heterocycles. The van der Waals surface area contributed by atoms with E-state index in [1.807, 2.05) is 29.2 Å². The largest absolute Gasteiger partial charge is 0.335 e. The van der Waals surface area contributed by atoms with E-state index in [0.29, 0.717) is 44.0 Å². The molecule has 2 heterocycles. The molecule has 3 aromatic rings. The van der Waals surface area contributed by atoms with Gasteiger partial charge in [0.15, 0.2) is 17.3 Å². The molecule has 0 unspecified atom stereocenters. The third-order valence-electron chi connectivity index (χ3n) is 4.76. The van der Waals surface area contributed by atoms with E-state index in [4.69, 9.17) is 0 Å². The molecule has 134 valence electrons.